The molecule has 36 heavy (non-hydrogen) atoms. The van der Waals surface area contributed by atoms with Gasteiger partial charge in [-0.3, -0.25) is 4.79 Å². The van der Waals surface area contributed by atoms with Gasteiger partial charge in [0.05, 0.1) is 28.7 Å². The highest BCUT2D eigenvalue weighted by Crippen LogP contribution is 2.23. The van der Waals surface area contributed by atoms with Gasteiger partial charge in [-0.2, -0.15) is 9.67 Å². The molecule has 0 fully saturated rings. The fourth-order valence-electron chi connectivity index (χ4n) is 3.44. The molecule has 0 radical (unpaired) electrons. The highest BCUT2D eigenvalue weighted by Gasteiger charge is 2.24. The van der Waals surface area contributed by atoms with Crippen LogP contribution in [0.1, 0.15) is 19.4 Å². The summed E-state index contributed by atoms with van der Waals surface area (Å²) in [5, 5.41) is 22.9. The second-order valence-electron chi connectivity index (χ2n) is 7.66. The molecule has 0 saturated carbocycles. The van der Waals surface area contributed by atoms with Crippen molar-refractivity contribution in [2.24, 2.45) is 5.10 Å². The highest BCUT2D eigenvalue weighted by atomic mass is 35.5. The maximum absolute atomic E-state index is 12.5. The van der Waals surface area contributed by atoms with Crippen molar-refractivity contribution in [2.45, 2.75) is 19.0 Å². The third kappa shape index (κ3) is 6.05. The molecule has 0 aliphatic rings. The van der Waals surface area contributed by atoms with Crippen molar-refractivity contribution < 1.29 is 19.2 Å². The van der Waals surface area contributed by atoms with Crippen LogP contribution in [-0.2, 0) is 4.79 Å². The lowest BCUT2D eigenvalue weighted by molar-refractivity contribution is -0.625. The van der Waals surface area contributed by atoms with Crippen LogP contribution in [0.3, 0.4) is 0 Å². The molecule has 0 aliphatic carbocycles. The number of benzene rings is 3. The minimum absolute atomic E-state index is 0.0828. The van der Waals surface area contributed by atoms with Crippen LogP contribution in [0, 0.1) is 0 Å². The number of hydrogen-bond acceptors (Lipinski definition) is 6. The first-order valence-corrected chi connectivity index (χ1v) is 12.6. The van der Waals surface area contributed by atoms with E-state index in [4.69, 9.17) is 16.3 Å². The quantitative estimate of drug-likeness (QED) is 0.127. The number of halogens is 1. The van der Waals surface area contributed by atoms with Crippen molar-refractivity contribution in [3.63, 3.8) is 0 Å². The molecular weight excluding hydrogens is 498 g/mol. The van der Waals surface area contributed by atoms with Crippen LogP contribution in [0.15, 0.2) is 83.1 Å². The number of H-pyrrole nitrogens is 1. The number of rotatable bonds is 9. The average molecular weight is 523 g/mol. The van der Waals surface area contributed by atoms with E-state index in [0.717, 1.165) is 22.8 Å². The van der Waals surface area contributed by atoms with Gasteiger partial charge >= 0.3 is 5.16 Å². The van der Waals surface area contributed by atoms with Gasteiger partial charge in [0.1, 0.15) is 17.2 Å². The summed E-state index contributed by atoms with van der Waals surface area (Å²) in [5.74, 6) is 1.39. The van der Waals surface area contributed by atoms with Crippen molar-refractivity contribution in [2.75, 3.05) is 12.4 Å². The second-order valence-corrected chi connectivity index (χ2v) is 9.04. The maximum atomic E-state index is 12.5. The summed E-state index contributed by atoms with van der Waals surface area (Å²) in [7, 11) is 0. The molecule has 0 bridgehead atoms. The number of hydrazone groups is 1. The number of phenolic OH excluding ortho intramolecular Hbond substituents is 1. The molecule has 8 nitrogen and oxygen atoms in total. The van der Waals surface area contributed by atoms with Gasteiger partial charge in [0, 0.05) is 10.6 Å². The number of ether oxygens (including phenoxy) is 1. The summed E-state index contributed by atoms with van der Waals surface area (Å²) in [6.45, 7) is 4.23. The van der Waals surface area contributed by atoms with Crippen LogP contribution in [0.5, 0.6) is 11.5 Å². The number of hydrogen-bond donors (Lipinski definition) is 3. The number of nitrogens with one attached hydrogen (secondary N) is 2. The Morgan fingerprint density at radius 1 is 1.14 bits per heavy atom. The van der Waals surface area contributed by atoms with Crippen molar-refractivity contribution in [1.82, 2.24) is 15.6 Å². The first kappa shape index (κ1) is 25.3. The molecule has 1 amide bonds. The van der Waals surface area contributed by atoms with Crippen molar-refractivity contribution >= 4 is 35.0 Å². The van der Waals surface area contributed by atoms with E-state index in [2.05, 4.69) is 20.7 Å². The van der Waals surface area contributed by atoms with Gasteiger partial charge in [0.2, 0.25) is 0 Å². The minimum atomic E-state index is -0.302. The topological polar surface area (TPSA) is 103 Å². The number of aromatic nitrogens is 3. The zero-order valence-electron chi connectivity index (χ0n) is 19.7. The standard InChI is InChI=1S/C26H24ClN5O3S/c1-3-35-21-14-12-20(13-15-21)32-25(18-8-10-19(27)11-9-18)30-31-26(32)36-16-24(34)29-28-17(2)22-6-4-5-7-23(22)33/h4-15H,3,16H2,1-2H3,(H2,28,29,33,34)/p+1. The first-order valence-electron chi connectivity index (χ1n) is 11.2. The molecule has 4 aromatic rings. The van der Waals surface area contributed by atoms with Gasteiger partial charge in [-0.1, -0.05) is 23.7 Å². The lowest BCUT2D eigenvalue weighted by Gasteiger charge is -2.07. The monoisotopic (exact) mass is 522 g/mol. The van der Waals surface area contributed by atoms with Crippen LogP contribution < -0.4 is 14.7 Å². The Morgan fingerprint density at radius 3 is 2.56 bits per heavy atom. The van der Waals surface area contributed by atoms with Gasteiger partial charge in [-0.05, 0) is 86.3 Å². The van der Waals surface area contributed by atoms with Gasteiger partial charge in [-0.15, -0.1) is 5.10 Å². The summed E-state index contributed by atoms with van der Waals surface area (Å²) in [4.78, 5) is 12.5. The molecule has 3 aromatic carbocycles. The number of amides is 1. The number of nitrogens with zero attached hydrogens (tertiary/aromatic N) is 3. The molecule has 0 saturated heterocycles. The Balaban J connectivity index is 1.55. The molecule has 1 aromatic heterocycles. The summed E-state index contributed by atoms with van der Waals surface area (Å²) in [6, 6.07) is 21.9. The predicted molar refractivity (Wildman–Crippen MR) is 141 cm³/mol. The predicted octanol–water partition coefficient (Wildman–Crippen LogP) is 4.74. The summed E-state index contributed by atoms with van der Waals surface area (Å²) >= 11 is 7.34. The molecule has 184 valence electrons. The molecule has 0 unspecified atom stereocenters. The van der Waals surface area contributed by atoms with E-state index in [9.17, 15) is 9.90 Å². The fraction of sp³-hybridized carbons (Fsp3) is 0.154. The normalized spacial score (nSPS) is 11.4. The maximum Gasteiger partial charge on any atom is 0.342 e. The number of para-hydroxylation sites is 1. The van der Waals surface area contributed by atoms with E-state index >= 15 is 0 Å². The number of phenols is 1. The van der Waals surface area contributed by atoms with Crippen LogP contribution >= 0.6 is 23.4 Å². The van der Waals surface area contributed by atoms with E-state index in [1.807, 2.05) is 60.0 Å². The Bertz CT molecular complexity index is 1370. The van der Waals surface area contributed by atoms with Crippen molar-refractivity contribution in [3.8, 4) is 28.6 Å². The van der Waals surface area contributed by atoms with Crippen LogP contribution in [-0.4, -0.2) is 39.3 Å². The third-order valence-electron chi connectivity index (χ3n) is 5.17. The van der Waals surface area contributed by atoms with Crippen LogP contribution in [0.2, 0.25) is 5.02 Å². The van der Waals surface area contributed by atoms with E-state index in [1.54, 1.807) is 31.2 Å². The smallest absolute Gasteiger partial charge is 0.342 e. The van der Waals surface area contributed by atoms with Crippen molar-refractivity contribution in [3.05, 3.63) is 83.4 Å². The number of thioether (sulfide) groups is 1. The number of aromatic amines is 1. The summed E-state index contributed by atoms with van der Waals surface area (Å²) in [5.41, 5.74) is 5.34. The minimum Gasteiger partial charge on any atom is -0.507 e. The summed E-state index contributed by atoms with van der Waals surface area (Å²) < 4.78 is 7.51. The number of carbonyl (C=O) groups excluding carboxylic acids is 1. The largest absolute Gasteiger partial charge is 0.507 e. The number of carbonyl (C=O) groups is 1. The zero-order valence-corrected chi connectivity index (χ0v) is 21.3. The Morgan fingerprint density at radius 2 is 1.86 bits per heavy atom. The first-order chi connectivity index (χ1) is 17.5. The van der Waals surface area contributed by atoms with E-state index < -0.39 is 0 Å². The third-order valence-corrected chi connectivity index (χ3v) is 6.36. The van der Waals surface area contributed by atoms with E-state index in [0.29, 0.717) is 28.1 Å². The van der Waals surface area contributed by atoms with Gasteiger partial charge in [0.15, 0.2) is 0 Å². The molecule has 0 atom stereocenters. The molecule has 0 aliphatic heterocycles. The van der Waals surface area contributed by atoms with E-state index in [-0.39, 0.29) is 17.4 Å². The van der Waals surface area contributed by atoms with Gasteiger partial charge in [0.25, 0.3) is 11.7 Å². The Labute approximate surface area is 218 Å². The molecule has 10 heteroatoms. The highest BCUT2D eigenvalue weighted by molar-refractivity contribution is 7.99. The SMILES string of the molecule is CCOc1ccc(-[n+]2c(SCC(=O)N/N=C(\C)c3ccccc3O)n[nH]c2-c2ccc(Cl)cc2)cc1. The van der Waals surface area contributed by atoms with Gasteiger partial charge < -0.3 is 9.84 Å². The molecular formula is C26H25ClN5O3S+. The van der Waals surface area contributed by atoms with Crippen molar-refractivity contribution in [1.29, 1.82) is 0 Å². The number of aromatic hydroxyl groups is 1. The Kier molecular flexibility index (Phi) is 8.24. The molecule has 3 N–H and O–H groups in total. The lowest BCUT2D eigenvalue weighted by atomic mass is 10.1. The molecule has 0 spiro atoms. The molecule has 4 rings (SSSR count). The van der Waals surface area contributed by atoms with Gasteiger partial charge in [-0.25, -0.2) is 5.43 Å². The van der Waals surface area contributed by atoms with E-state index in [1.165, 1.54) is 11.8 Å². The Hall–Kier alpha value is -3.82. The second kappa shape index (κ2) is 11.7. The molecule has 1 heterocycles. The van der Waals surface area contributed by atoms with Crippen LogP contribution in [0.25, 0.3) is 17.1 Å². The zero-order chi connectivity index (χ0) is 25.5. The average Bonchev–Trinajstić information content (AvgIpc) is 3.31. The fourth-order valence-corrected chi connectivity index (χ4v) is 4.33. The summed E-state index contributed by atoms with van der Waals surface area (Å²) in [6.07, 6.45) is 0. The lowest BCUT2D eigenvalue weighted by Crippen LogP contribution is -2.34. The van der Waals surface area contributed by atoms with Crippen LogP contribution in [0.4, 0.5) is 0 Å².